The second-order valence-corrected chi connectivity index (χ2v) is 4.90. The molecule has 0 aliphatic heterocycles. The second kappa shape index (κ2) is 6.23. The highest BCUT2D eigenvalue weighted by Crippen LogP contribution is 2.21. The van der Waals surface area contributed by atoms with Crippen LogP contribution in [-0.2, 0) is 0 Å². The molecule has 2 N–H and O–H groups in total. The van der Waals surface area contributed by atoms with Crippen LogP contribution in [0.25, 0.3) is 0 Å². The number of hydrogen-bond donors (Lipinski definition) is 2. The summed E-state index contributed by atoms with van der Waals surface area (Å²) in [5, 5.41) is 22.2. The largest absolute Gasteiger partial charge is 0.387 e. The smallest absolute Gasteiger partial charge is 0.0991 e. The van der Waals surface area contributed by atoms with Gasteiger partial charge < -0.3 is 10.4 Å². The van der Waals surface area contributed by atoms with Crippen molar-refractivity contribution in [2.24, 2.45) is 0 Å². The van der Waals surface area contributed by atoms with Gasteiger partial charge in [0, 0.05) is 12.2 Å². The fourth-order valence-electron chi connectivity index (χ4n) is 2.19. The first-order chi connectivity index (χ1) is 9.61. The molecule has 2 rings (SSSR count). The van der Waals surface area contributed by atoms with Gasteiger partial charge in [-0.1, -0.05) is 30.3 Å². The number of anilines is 1. The molecule has 2 aromatic rings. The first kappa shape index (κ1) is 14.1. The van der Waals surface area contributed by atoms with Crippen molar-refractivity contribution in [3.63, 3.8) is 0 Å². The zero-order chi connectivity index (χ0) is 14.5. The summed E-state index contributed by atoms with van der Waals surface area (Å²) in [7, 11) is 0. The number of nitriles is 1. The summed E-state index contributed by atoms with van der Waals surface area (Å²) in [6.07, 6.45) is -0.596. The Hall–Kier alpha value is -2.31. The van der Waals surface area contributed by atoms with Gasteiger partial charge in [-0.2, -0.15) is 5.26 Å². The van der Waals surface area contributed by atoms with E-state index in [-0.39, 0.29) is 0 Å². The first-order valence-corrected chi connectivity index (χ1v) is 6.60. The summed E-state index contributed by atoms with van der Waals surface area (Å²) in [5.41, 5.74) is 4.81. The zero-order valence-electron chi connectivity index (χ0n) is 11.7. The molecule has 2 aromatic carbocycles. The minimum Gasteiger partial charge on any atom is -0.387 e. The van der Waals surface area contributed by atoms with E-state index in [2.05, 4.69) is 11.4 Å². The predicted octanol–water partition coefficient (Wildman–Crippen LogP) is 3.32. The Morgan fingerprint density at radius 1 is 1.10 bits per heavy atom. The highest BCUT2D eigenvalue weighted by atomic mass is 16.3. The molecule has 0 saturated carbocycles. The van der Waals surface area contributed by atoms with E-state index in [0.717, 1.165) is 22.4 Å². The van der Waals surface area contributed by atoms with Crippen LogP contribution in [0, 0.1) is 25.2 Å². The third kappa shape index (κ3) is 3.17. The van der Waals surface area contributed by atoms with Gasteiger partial charge in [-0.05, 0) is 42.7 Å². The molecule has 20 heavy (non-hydrogen) atoms. The van der Waals surface area contributed by atoms with Gasteiger partial charge in [-0.25, -0.2) is 0 Å². The number of aliphatic hydroxyl groups is 1. The molecule has 0 fully saturated rings. The lowest BCUT2D eigenvalue weighted by Crippen LogP contribution is -2.13. The van der Waals surface area contributed by atoms with Gasteiger partial charge in [-0.3, -0.25) is 0 Å². The molecule has 0 bridgehead atoms. The van der Waals surface area contributed by atoms with Gasteiger partial charge in [0.25, 0.3) is 0 Å². The molecule has 0 heterocycles. The van der Waals surface area contributed by atoms with Gasteiger partial charge in [0.05, 0.1) is 17.7 Å². The van der Waals surface area contributed by atoms with E-state index < -0.39 is 6.10 Å². The Kier molecular flexibility index (Phi) is 4.39. The standard InChI is InChI=1S/C17H18N2O/c1-12-4-3-5-13(2)17(12)19-11-16(20)15-8-6-14(10-18)7-9-15/h3-9,16,19-20H,11H2,1-2H3. The molecular formula is C17H18N2O. The van der Waals surface area contributed by atoms with Crippen LogP contribution >= 0.6 is 0 Å². The van der Waals surface area contributed by atoms with Crippen LogP contribution in [0.4, 0.5) is 5.69 Å². The Morgan fingerprint density at radius 2 is 1.70 bits per heavy atom. The molecule has 0 radical (unpaired) electrons. The molecule has 0 amide bonds. The minimum atomic E-state index is -0.596. The molecule has 1 unspecified atom stereocenters. The second-order valence-electron chi connectivity index (χ2n) is 4.90. The zero-order valence-corrected chi connectivity index (χ0v) is 11.7. The van der Waals surface area contributed by atoms with Crippen molar-refractivity contribution < 1.29 is 5.11 Å². The number of nitrogens with one attached hydrogen (secondary N) is 1. The van der Waals surface area contributed by atoms with E-state index in [0.29, 0.717) is 12.1 Å². The molecule has 0 aromatic heterocycles. The van der Waals surface area contributed by atoms with E-state index in [9.17, 15) is 5.11 Å². The van der Waals surface area contributed by atoms with Crippen LogP contribution in [0.15, 0.2) is 42.5 Å². The first-order valence-electron chi connectivity index (χ1n) is 6.60. The highest BCUT2D eigenvalue weighted by Gasteiger charge is 2.09. The van der Waals surface area contributed by atoms with E-state index >= 15 is 0 Å². The topological polar surface area (TPSA) is 56.0 Å². The van der Waals surface area contributed by atoms with Gasteiger partial charge >= 0.3 is 0 Å². The molecule has 1 atom stereocenters. The van der Waals surface area contributed by atoms with Crippen molar-refractivity contribution in [1.29, 1.82) is 5.26 Å². The fourth-order valence-corrected chi connectivity index (χ4v) is 2.19. The van der Waals surface area contributed by atoms with Crippen molar-refractivity contribution in [1.82, 2.24) is 0 Å². The quantitative estimate of drug-likeness (QED) is 0.892. The number of hydrogen-bond acceptors (Lipinski definition) is 3. The lowest BCUT2D eigenvalue weighted by atomic mass is 10.1. The van der Waals surface area contributed by atoms with E-state index in [1.807, 2.05) is 32.0 Å². The van der Waals surface area contributed by atoms with E-state index in [4.69, 9.17) is 5.26 Å². The number of para-hydroxylation sites is 1. The third-order valence-corrected chi connectivity index (χ3v) is 3.38. The van der Waals surface area contributed by atoms with E-state index in [1.165, 1.54) is 0 Å². The average Bonchev–Trinajstić information content (AvgIpc) is 2.46. The maximum Gasteiger partial charge on any atom is 0.0991 e. The molecule has 0 aliphatic rings. The van der Waals surface area contributed by atoms with Crippen LogP contribution in [0.2, 0.25) is 0 Å². The van der Waals surface area contributed by atoms with Crippen LogP contribution in [0.5, 0.6) is 0 Å². The summed E-state index contributed by atoms with van der Waals surface area (Å²) >= 11 is 0. The normalized spacial score (nSPS) is 11.7. The summed E-state index contributed by atoms with van der Waals surface area (Å²) in [4.78, 5) is 0. The average molecular weight is 266 g/mol. The Morgan fingerprint density at radius 3 is 2.25 bits per heavy atom. The Labute approximate surface area is 119 Å². The molecular weight excluding hydrogens is 248 g/mol. The molecule has 0 aliphatic carbocycles. The monoisotopic (exact) mass is 266 g/mol. The lowest BCUT2D eigenvalue weighted by Gasteiger charge is -2.16. The maximum atomic E-state index is 10.2. The number of aryl methyl sites for hydroxylation is 2. The lowest BCUT2D eigenvalue weighted by molar-refractivity contribution is 0.191. The Balaban J connectivity index is 2.05. The SMILES string of the molecule is Cc1cccc(C)c1NCC(O)c1ccc(C#N)cc1. The predicted molar refractivity (Wildman–Crippen MR) is 80.5 cm³/mol. The van der Waals surface area contributed by atoms with Gasteiger partial charge in [0.1, 0.15) is 0 Å². The third-order valence-electron chi connectivity index (χ3n) is 3.38. The number of benzene rings is 2. The van der Waals surface area contributed by atoms with Crippen LogP contribution < -0.4 is 5.32 Å². The molecule has 3 nitrogen and oxygen atoms in total. The van der Waals surface area contributed by atoms with Crippen LogP contribution in [-0.4, -0.2) is 11.7 Å². The van der Waals surface area contributed by atoms with Crippen molar-refractivity contribution in [2.75, 3.05) is 11.9 Å². The van der Waals surface area contributed by atoms with Crippen molar-refractivity contribution in [3.05, 3.63) is 64.7 Å². The number of aliphatic hydroxyl groups excluding tert-OH is 1. The van der Waals surface area contributed by atoms with E-state index in [1.54, 1.807) is 24.3 Å². The van der Waals surface area contributed by atoms with Gasteiger partial charge in [0.15, 0.2) is 0 Å². The van der Waals surface area contributed by atoms with Gasteiger partial charge in [0.2, 0.25) is 0 Å². The molecule has 102 valence electrons. The summed E-state index contributed by atoms with van der Waals surface area (Å²) in [6, 6.07) is 15.2. The number of rotatable bonds is 4. The van der Waals surface area contributed by atoms with Crippen molar-refractivity contribution >= 4 is 5.69 Å². The number of nitrogens with zero attached hydrogens (tertiary/aromatic N) is 1. The minimum absolute atomic E-state index is 0.442. The fraction of sp³-hybridized carbons (Fsp3) is 0.235. The Bertz CT molecular complexity index is 606. The summed E-state index contributed by atoms with van der Waals surface area (Å²) in [6.45, 7) is 4.53. The van der Waals surface area contributed by atoms with Crippen molar-refractivity contribution in [3.8, 4) is 6.07 Å². The maximum absolute atomic E-state index is 10.2. The molecule has 0 saturated heterocycles. The molecule has 0 spiro atoms. The van der Waals surface area contributed by atoms with Gasteiger partial charge in [-0.15, -0.1) is 0 Å². The summed E-state index contributed by atoms with van der Waals surface area (Å²) < 4.78 is 0. The molecule has 3 heteroatoms. The summed E-state index contributed by atoms with van der Waals surface area (Å²) in [5.74, 6) is 0. The van der Waals surface area contributed by atoms with Crippen LogP contribution in [0.3, 0.4) is 0 Å². The highest BCUT2D eigenvalue weighted by molar-refractivity contribution is 5.56. The van der Waals surface area contributed by atoms with Crippen LogP contribution in [0.1, 0.15) is 28.4 Å². The van der Waals surface area contributed by atoms with Crippen molar-refractivity contribution in [2.45, 2.75) is 20.0 Å².